The third-order valence-electron chi connectivity index (χ3n) is 5.62. The Morgan fingerprint density at radius 3 is 2.77 bits per heavy atom. The van der Waals surface area contributed by atoms with Crippen molar-refractivity contribution in [2.45, 2.75) is 57.2 Å². The van der Waals surface area contributed by atoms with E-state index in [0.717, 1.165) is 35.4 Å². The largest absolute Gasteiger partial charge is 0.370 e. The van der Waals surface area contributed by atoms with Gasteiger partial charge in [0.1, 0.15) is 0 Å². The van der Waals surface area contributed by atoms with Crippen molar-refractivity contribution in [3.63, 3.8) is 0 Å². The van der Waals surface area contributed by atoms with E-state index < -0.39 is 0 Å². The number of primary amides is 1. The average Bonchev–Trinajstić information content (AvgIpc) is 3.44. The molecule has 3 N–H and O–H groups in total. The van der Waals surface area contributed by atoms with Crippen LogP contribution in [-0.4, -0.2) is 37.1 Å². The lowest BCUT2D eigenvalue weighted by molar-refractivity contribution is -0.118. The Morgan fingerprint density at radius 2 is 2.03 bits per heavy atom. The molecule has 1 aliphatic carbocycles. The lowest BCUT2D eigenvalue weighted by Crippen LogP contribution is -2.36. The number of nitrogens with two attached hydrogens (primary N) is 1. The molecular weight excluding hydrogens is 378 g/mol. The second kappa shape index (κ2) is 9.13. The molecule has 0 bridgehead atoms. The molecule has 1 amide bonds. The van der Waals surface area contributed by atoms with E-state index in [1.807, 2.05) is 36.0 Å². The topological polar surface area (TPSA) is 112 Å². The van der Waals surface area contributed by atoms with Gasteiger partial charge in [0.2, 0.25) is 5.91 Å². The Kier molecular flexibility index (Phi) is 6.13. The predicted octanol–water partition coefficient (Wildman–Crippen LogP) is 2.79. The van der Waals surface area contributed by atoms with E-state index in [-0.39, 0.29) is 24.4 Å². The molecule has 0 aliphatic heterocycles. The van der Waals surface area contributed by atoms with Crippen LogP contribution in [0.4, 0.5) is 0 Å². The fourth-order valence-corrected chi connectivity index (χ4v) is 4.20. The zero-order valence-corrected chi connectivity index (χ0v) is 17.1. The smallest absolute Gasteiger partial charge is 0.218 e. The molecule has 2 atom stereocenters. The summed E-state index contributed by atoms with van der Waals surface area (Å²) in [6.45, 7) is 1.95. The number of nitrogens with zero attached hydrogens (tertiary/aromatic N) is 5. The third-order valence-corrected chi connectivity index (χ3v) is 5.62. The van der Waals surface area contributed by atoms with Crippen LogP contribution in [0.1, 0.15) is 62.5 Å². The normalized spacial score (nSPS) is 16.4. The molecule has 0 saturated heterocycles. The first-order valence-corrected chi connectivity index (χ1v) is 10.4. The maximum atomic E-state index is 11.5. The number of nitrogens with one attached hydrogen (secondary N) is 1. The minimum Gasteiger partial charge on any atom is -0.370 e. The highest BCUT2D eigenvalue weighted by molar-refractivity contribution is 5.74. The van der Waals surface area contributed by atoms with Crippen LogP contribution in [0.15, 0.2) is 48.8 Å². The SMILES string of the molecule is CC(CC(N)=O)NC(c1cccc(-c2cccnc2)c1)c1nnnn1C1CCCC1. The van der Waals surface area contributed by atoms with Crippen LogP contribution in [-0.2, 0) is 4.79 Å². The molecule has 30 heavy (non-hydrogen) atoms. The lowest BCUT2D eigenvalue weighted by atomic mass is 9.98. The van der Waals surface area contributed by atoms with E-state index in [0.29, 0.717) is 6.04 Å². The molecule has 1 saturated carbocycles. The van der Waals surface area contributed by atoms with Crippen LogP contribution in [0.2, 0.25) is 0 Å². The monoisotopic (exact) mass is 405 g/mol. The van der Waals surface area contributed by atoms with Gasteiger partial charge in [0.15, 0.2) is 5.82 Å². The Hall–Kier alpha value is -3.13. The zero-order valence-electron chi connectivity index (χ0n) is 17.1. The van der Waals surface area contributed by atoms with Crippen molar-refractivity contribution in [1.82, 2.24) is 30.5 Å². The summed E-state index contributed by atoms with van der Waals surface area (Å²) in [5, 5.41) is 16.2. The molecule has 156 valence electrons. The van der Waals surface area contributed by atoms with Gasteiger partial charge in [0.25, 0.3) is 0 Å². The summed E-state index contributed by atoms with van der Waals surface area (Å²) in [5.41, 5.74) is 8.56. The standard InChI is InChI=1S/C22H27N7O/c1-15(12-20(23)30)25-21(22-26-27-28-29(22)19-9-2-3-10-19)17-7-4-6-16(13-17)18-8-5-11-24-14-18/h4-8,11,13-15,19,21,25H,2-3,9-10,12H2,1H3,(H2,23,30). The van der Waals surface area contributed by atoms with E-state index in [1.54, 1.807) is 6.20 Å². The minimum atomic E-state index is -0.340. The van der Waals surface area contributed by atoms with Gasteiger partial charge in [-0.3, -0.25) is 9.78 Å². The summed E-state index contributed by atoms with van der Waals surface area (Å²) >= 11 is 0. The fourth-order valence-electron chi connectivity index (χ4n) is 4.20. The molecule has 1 aromatic carbocycles. The molecule has 0 radical (unpaired) electrons. The summed E-state index contributed by atoms with van der Waals surface area (Å²) in [5.74, 6) is 0.426. The second-order valence-corrected chi connectivity index (χ2v) is 7.96. The second-order valence-electron chi connectivity index (χ2n) is 7.96. The van der Waals surface area contributed by atoms with Crippen molar-refractivity contribution in [2.75, 3.05) is 0 Å². The number of pyridine rings is 1. The molecule has 3 aromatic rings. The van der Waals surface area contributed by atoms with Crippen molar-refractivity contribution in [2.24, 2.45) is 5.73 Å². The number of rotatable bonds is 8. The Morgan fingerprint density at radius 1 is 1.23 bits per heavy atom. The summed E-state index contributed by atoms with van der Waals surface area (Å²) < 4.78 is 1.96. The van der Waals surface area contributed by atoms with Crippen molar-refractivity contribution in [1.29, 1.82) is 0 Å². The summed E-state index contributed by atoms with van der Waals surface area (Å²) in [4.78, 5) is 15.7. The molecule has 8 heteroatoms. The van der Waals surface area contributed by atoms with Gasteiger partial charge in [-0.1, -0.05) is 37.1 Å². The molecule has 0 spiro atoms. The predicted molar refractivity (Wildman–Crippen MR) is 113 cm³/mol. The Bertz CT molecular complexity index is 982. The van der Waals surface area contributed by atoms with Crippen molar-refractivity contribution in [3.8, 4) is 11.1 Å². The summed E-state index contributed by atoms with van der Waals surface area (Å²) in [7, 11) is 0. The van der Waals surface area contributed by atoms with Crippen molar-refractivity contribution >= 4 is 5.91 Å². The molecule has 2 heterocycles. The highest BCUT2D eigenvalue weighted by atomic mass is 16.1. The molecular formula is C22H27N7O. The van der Waals surface area contributed by atoms with Crippen LogP contribution in [0, 0.1) is 0 Å². The first-order chi connectivity index (χ1) is 14.6. The molecule has 2 unspecified atom stereocenters. The van der Waals surface area contributed by atoms with Gasteiger partial charge in [-0.2, -0.15) is 0 Å². The number of carbonyl (C=O) groups is 1. The first kappa shape index (κ1) is 20.2. The maximum Gasteiger partial charge on any atom is 0.218 e. The molecule has 8 nitrogen and oxygen atoms in total. The molecule has 1 fully saturated rings. The van der Waals surface area contributed by atoms with Gasteiger partial charge in [0, 0.05) is 24.9 Å². The number of benzene rings is 1. The zero-order chi connectivity index (χ0) is 20.9. The highest BCUT2D eigenvalue weighted by Gasteiger charge is 2.28. The van der Waals surface area contributed by atoms with Gasteiger partial charge >= 0.3 is 0 Å². The quantitative estimate of drug-likeness (QED) is 0.596. The van der Waals surface area contributed by atoms with Crippen molar-refractivity contribution in [3.05, 3.63) is 60.2 Å². The average molecular weight is 406 g/mol. The summed E-state index contributed by atoms with van der Waals surface area (Å²) in [6, 6.07) is 12.2. The number of amides is 1. The Labute approximate surface area is 175 Å². The maximum absolute atomic E-state index is 11.5. The molecule has 4 rings (SSSR count). The van der Waals surface area contributed by atoms with E-state index in [2.05, 4.69) is 44.0 Å². The fraction of sp³-hybridized carbons (Fsp3) is 0.409. The van der Waals surface area contributed by atoms with Crippen LogP contribution >= 0.6 is 0 Å². The molecule has 2 aromatic heterocycles. The number of aromatic nitrogens is 5. The van der Waals surface area contributed by atoms with E-state index in [9.17, 15) is 4.79 Å². The van der Waals surface area contributed by atoms with Gasteiger partial charge in [0.05, 0.1) is 12.1 Å². The highest BCUT2D eigenvalue weighted by Crippen LogP contribution is 2.33. The lowest BCUT2D eigenvalue weighted by Gasteiger charge is -2.24. The number of tetrazole rings is 1. The first-order valence-electron chi connectivity index (χ1n) is 10.4. The van der Waals surface area contributed by atoms with Gasteiger partial charge < -0.3 is 11.1 Å². The minimum absolute atomic E-state index is 0.122. The Balaban J connectivity index is 1.71. The third kappa shape index (κ3) is 4.54. The van der Waals surface area contributed by atoms with Crippen LogP contribution in [0.5, 0.6) is 0 Å². The van der Waals surface area contributed by atoms with Crippen LogP contribution in [0.25, 0.3) is 11.1 Å². The number of hydrogen-bond acceptors (Lipinski definition) is 6. The van der Waals surface area contributed by atoms with Crippen LogP contribution < -0.4 is 11.1 Å². The van der Waals surface area contributed by atoms with Gasteiger partial charge in [-0.15, -0.1) is 5.10 Å². The van der Waals surface area contributed by atoms with E-state index in [4.69, 9.17) is 5.73 Å². The van der Waals surface area contributed by atoms with Crippen molar-refractivity contribution < 1.29 is 4.79 Å². The molecule has 1 aliphatic rings. The number of hydrogen-bond donors (Lipinski definition) is 2. The van der Waals surface area contributed by atoms with Gasteiger partial charge in [-0.05, 0) is 59.0 Å². The van der Waals surface area contributed by atoms with E-state index in [1.165, 1.54) is 12.8 Å². The van der Waals surface area contributed by atoms with Crippen LogP contribution in [0.3, 0.4) is 0 Å². The van der Waals surface area contributed by atoms with Gasteiger partial charge in [-0.25, -0.2) is 4.68 Å². The summed E-state index contributed by atoms with van der Waals surface area (Å²) in [6.07, 6.45) is 8.39. The van der Waals surface area contributed by atoms with E-state index >= 15 is 0 Å². The number of carbonyl (C=O) groups excluding carboxylic acids is 1.